The molecule has 1 atom stereocenters. The maximum absolute atomic E-state index is 6.08. The Morgan fingerprint density at radius 1 is 1.29 bits per heavy atom. The summed E-state index contributed by atoms with van der Waals surface area (Å²) in [6.07, 6.45) is 8.81. The monoisotopic (exact) mass is 283 g/mol. The molecular formula is C18H25N3. The third-order valence-corrected chi connectivity index (χ3v) is 4.64. The highest BCUT2D eigenvalue weighted by molar-refractivity contribution is 5.42. The number of benzene rings is 1. The highest BCUT2D eigenvalue weighted by atomic mass is 15.1. The molecule has 0 fully saturated rings. The summed E-state index contributed by atoms with van der Waals surface area (Å²) in [6.45, 7) is 4.33. The fourth-order valence-electron chi connectivity index (χ4n) is 3.18. The molecule has 0 saturated carbocycles. The minimum absolute atomic E-state index is 0.260. The van der Waals surface area contributed by atoms with Crippen LogP contribution in [0.15, 0.2) is 24.5 Å². The maximum atomic E-state index is 6.08. The molecule has 0 spiro atoms. The Kier molecular flexibility index (Phi) is 4.11. The van der Waals surface area contributed by atoms with Crippen molar-refractivity contribution < 1.29 is 0 Å². The molecule has 0 saturated heterocycles. The van der Waals surface area contributed by atoms with Gasteiger partial charge >= 0.3 is 0 Å². The standard InChI is InChI=1S/C18H25N3/c1-3-15(19)11-14-8-9-16(10-13(14)2)21-12-20-17-6-4-5-7-18(17)21/h8-10,12,15H,3-7,11,19H2,1-2H3. The van der Waals surface area contributed by atoms with Crippen LogP contribution in [-0.2, 0) is 19.3 Å². The van der Waals surface area contributed by atoms with E-state index < -0.39 is 0 Å². The first-order chi connectivity index (χ1) is 10.2. The first-order valence-corrected chi connectivity index (χ1v) is 8.09. The lowest BCUT2D eigenvalue weighted by atomic mass is 9.99. The molecule has 112 valence electrons. The normalized spacial score (nSPS) is 15.8. The van der Waals surface area contributed by atoms with Gasteiger partial charge in [0, 0.05) is 17.4 Å². The summed E-state index contributed by atoms with van der Waals surface area (Å²) in [5, 5.41) is 0. The first-order valence-electron chi connectivity index (χ1n) is 8.09. The lowest BCUT2D eigenvalue weighted by molar-refractivity contribution is 0.644. The quantitative estimate of drug-likeness (QED) is 0.935. The van der Waals surface area contributed by atoms with Crippen LogP contribution in [0.25, 0.3) is 5.69 Å². The van der Waals surface area contributed by atoms with Crippen molar-refractivity contribution in [3.8, 4) is 5.69 Å². The summed E-state index contributed by atoms with van der Waals surface area (Å²) in [5.41, 5.74) is 12.7. The average Bonchev–Trinajstić information content (AvgIpc) is 2.93. The van der Waals surface area contributed by atoms with E-state index in [1.807, 2.05) is 6.33 Å². The number of nitrogens with two attached hydrogens (primary N) is 1. The number of hydrogen-bond donors (Lipinski definition) is 1. The first kappa shape index (κ1) is 14.3. The van der Waals surface area contributed by atoms with Crippen LogP contribution in [0.3, 0.4) is 0 Å². The molecule has 0 bridgehead atoms. The molecule has 3 nitrogen and oxygen atoms in total. The molecule has 0 aliphatic heterocycles. The Morgan fingerprint density at radius 3 is 2.86 bits per heavy atom. The van der Waals surface area contributed by atoms with Gasteiger partial charge in [-0.3, -0.25) is 0 Å². The van der Waals surface area contributed by atoms with Gasteiger partial charge in [-0.05, 0) is 68.7 Å². The number of aryl methyl sites for hydroxylation is 2. The van der Waals surface area contributed by atoms with E-state index in [-0.39, 0.29) is 6.04 Å². The van der Waals surface area contributed by atoms with Gasteiger partial charge in [-0.15, -0.1) is 0 Å². The second-order valence-corrected chi connectivity index (χ2v) is 6.20. The van der Waals surface area contributed by atoms with Crippen LogP contribution in [0.1, 0.15) is 48.7 Å². The van der Waals surface area contributed by atoms with Crippen molar-refractivity contribution in [1.29, 1.82) is 0 Å². The van der Waals surface area contributed by atoms with Gasteiger partial charge in [-0.1, -0.05) is 13.0 Å². The van der Waals surface area contributed by atoms with Crippen LogP contribution >= 0.6 is 0 Å². The van der Waals surface area contributed by atoms with Crippen LogP contribution in [0, 0.1) is 6.92 Å². The molecule has 1 aromatic heterocycles. The SMILES string of the molecule is CCC(N)Cc1ccc(-n2cnc3c2CCCC3)cc1C. The number of imidazole rings is 1. The molecule has 2 aromatic rings. The molecule has 21 heavy (non-hydrogen) atoms. The largest absolute Gasteiger partial charge is 0.327 e. The number of rotatable bonds is 4. The molecule has 1 aliphatic rings. The Balaban J connectivity index is 1.90. The second kappa shape index (κ2) is 6.02. The topological polar surface area (TPSA) is 43.8 Å². The van der Waals surface area contributed by atoms with E-state index in [1.54, 1.807) is 0 Å². The van der Waals surface area contributed by atoms with Gasteiger partial charge in [0.1, 0.15) is 0 Å². The molecule has 1 heterocycles. The zero-order valence-electron chi connectivity index (χ0n) is 13.1. The minimum atomic E-state index is 0.260. The minimum Gasteiger partial charge on any atom is -0.327 e. The van der Waals surface area contributed by atoms with Crippen molar-refractivity contribution in [2.45, 2.75) is 58.4 Å². The number of fused-ring (bicyclic) bond motifs is 1. The van der Waals surface area contributed by atoms with Gasteiger partial charge in [0.05, 0.1) is 12.0 Å². The van der Waals surface area contributed by atoms with E-state index >= 15 is 0 Å². The predicted octanol–water partition coefficient (Wildman–Crippen LogP) is 3.34. The van der Waals surface area contributed by atoms with Crippen LogP contribution in [0.4, 0.5) is 0 Å². The van der Waals surface area contributed by atoms with Crippen molar-refractivity contribution in [2.24, 2.45) is 5.73 Å². The van der Waals surface area contributed by atoms with E-state index in [1.165, 1.54) is 41.0 Å². The number of nitrogens with zero attached hydrogens (tertiary/aromatic N) is 2. The highest BCUT2D eigenvalue weighted by Gasteiger charge is 2.16. The van der Waals surface area contributed by atoms with Crippen molar-refractivity contribution >= 4 is 0 Å². The third-order valence-electron chi connectivity index (χ3n) is 4.64. The van der Waals surface area contributed by atoms with Crippen LogP contribution in [-0.4, -0.2) is 15.6 Å². The molecule has 1 aromatic carbocycles. The van der Waals surface area contributed by atoms with E-state index in [4.69, 9.17) is 5.73 Å². The van der Waals surface area contributed by atoms with Crippen LogP contribution in [0.2, 0.25) is 0 Å². The van der Waals surface area contributed by atoms with Gasteiger partial charge in [-0.2, -0.15) is 0 Å². The van der Waals surface area contributed by atoms with Gasteiger partial charge in [0.25, 0.3) is 0 Å². The van der Waals surface area contributed by atoms with Gasteiger partial charge < -0.3 is 10.3 Å². The summed E-state index contributed by atoms with van der Waals surface area (Å²) in [7, 11) is 0. The van der Waals surface area contributed by atoms with Gasteiger partial charge in [0.2, 0.25) is 0 Å². The molecule has 2 N–H and O–H groups in total. The lowest BCUT2D eigenvalue weighted by Crippen LogP contribution is -2.21. The zero-order chi connectivity index (χ0) is 14.8. The van der Waals surface area contributed by atoms with Gasteiger partial charge in [-0.25, -0.2) is 4.98 Å². The molecule has 3 heteroatoms. The van der Waals surface area contributed by atoms with Crippen molar-refractivity contribution in [3.05, 3.63) is 47.0 Å². The summed E-state index contributed by atoms with van der Waals surface area (Å²) >= 11 is 0. The summed E-state index contributed by atoms with van der Waals surface area (Å²) in [4.78, 5) is 4.59. The van der Waals surface area contributed by atoms with Crippen molar-refractivity contribution in [2.75, 3.05) is 0 Å². The van der Waals surface area contributed by atoms with E-state index in [0.717, 1.165) is 25.7 Å². The molecule has 0 radical (unpaired) electrons. The lowest BCUT2D eigenvalue weighted by Gasteiger charge is -2.16. The summed E-state index contributed by atoms with van der Waals surface area (Å²) in [5.74, 6) is 0. The second-order valence-electron chi connectivity index (χ2n) is 6.20. The fourth-order valence-corrected chi connectivity index (χ4v) is 3.18. The molecular weight excluding hydrogens is 258 g/mol. The van der Waals surface area contributed by atoms with E-state index in [2.05, 4.69) is 41.6 Å². The Hall–Kier alpha value is -1.61. The summed E-state index contributed by atoms with van der Waals surface area (Å²) < 4.78 is 2.27. The smallest absolute Gasteiger partial charge is 0.0997 e. The van der Waals surface area contributed by atoms with E-state index in [9.17, 15) is 0 Å². The van der Waals surface area contributed by atoms with Crippen LogP contribution in [0.5, 0.6) is 0 Å². The van der Waals surface area contributed by atoms with Gasteiger partial charge in [0.15, 0.2) is 0 Å². The van der Waals surface area contributed by atoms with Crippen molar-refractivity contribution in [1.82, 2.24) is 9.55 Å². The third kappa shape index (κ3) is 2.88. The van der Waals surface area contributed by atoms with Crippen LogP contribution < -0.4 is 5.73 Å². The number of aromatic nitrogens is 2. The van der Waals surface area contributed by atoms with Crippen molar-refractivity contribution in [3.63, 3.8) is 0 Å². The zero-order valence-corrected chi connectivity index (χ0v) is 13.1. The summed E-state index contributed by atoms with van der Waals surface area (Å²) in [6, 6.07) is 6.97. The Labute approximate surface area is 127 Å². The highest BCUT2D eigenvalue weighted by Crippen LogP contribution is 2.24. The maximum Gasteiger partial charge on any atom is 0.0997 e. The molecule has 0 amide bonds. The molecule has 1 aliphatic carbocycles. The number of hydrogen-bond acceptors (Lipinski definition) is 2. The predicted molar refractivity (Wildman–Crippen MR) is 86.9 cm³/mol. The fraction of sp³-hybridized carbons (Fsp3) is 0.500. The Bertz CT molecular complexity index is 627. The Morgan fingerprint density at radius 2 is 2.10 bits per heavy atom. The molecule has 1 unspecified atom stereocenters. The molecule has 3 rings (SSSR count). The van der Waals surface area contributed by atoms with E-state index in [0.29, 0.717) is 0 Å². The average molecular weight is 283 g/mol.